The van der Waals surface area contributed by atoms with Gasteiger partial charge in [-0.05, 0) is 36.5 Å². The van der Waals surface area contributed by atoms with Crippen LogP contribution in [0.25, 0.3) is 10.4 Å². The summed E-state index contributed by atoms with van der Waals surface area (Å²) in [5.74, 6) is -8.94. The van der Waals surface area contributed by atoms with Gasteiger partial charge in [-0.15, -0.1) is 0 Å². The van der Waals surface area contributed by atoms with Gasteiger partial charge in [-0.2, -0.15) is 8.78 Å². The Labute approximate surface area is 180 Å². The number of aliphatic hydroxyl groups is 1. The van der Waals surface area contributed by atoms with Crippen molar-refractivity contribution in [3.63, 3.8) is 0 Å². The molecule has 0 amide bonds. The van der Waals surface area contributed by atoms with Crippen molar-refractivity contribution in [3.05, 3.63) is 69.6 Å². The van der Waals surface area contributed by atoms with E-state index in [1.165, 1.54) is 24.3 Å². The van der Waals surface area contributed by atoms with Crippen LogP contribution in [0.1, 0.15) is 31.1 Å². The van der Waals surface area contributed by atoms with Crippen molar-refractivity contribution in [2.45, 2.75) is 31.5 Å². The van der Waals surface area contributed by atoms with E-state index in [1.807, 2.05) is 0 Å². The number of nitrogens with two attached hydrogens (primary N) is 1. The van der Waals surface area contributed by atoms with Crippen molar-refractivity contribution < 1.29 is 32.2 Å². The highest BCUT2D eigenvalue weighted by Crippen LogP contribution is 2.26. The normalized spacial score (nSPS) is 12.7. The van der Waals surface area contributed by atoms with Crippen LogP contribution in [0.15, 0.2) is 35.4 Å². The van der Waals surface area contributed by atoms with Crippen LogP contribution in [0.5, 0.6) is 5.75 Å². The third kappa shape index (κ3) is 6.66. The minimum atomic E-state index is -1.76. The predicted molar refractivity (Wildman–Crippen MR) is 107 cm³/mol. The van der Waals surface area contributed by atoms with Crippen LogP contribution in [0, 0.1) is 23.3 Å². The standard InChI is InChI=1S/C20H21F4N5O3/c21-13-9-14(22)18(24)19(17(13)23)32-10-16(30)15(6-1-2-7-25)27-20(31)11-4-3-5-12(8-11)28-29-26/h3-5,8-9,15,20,27,31H,1-2,6-7,10,25H2. The molecule has 4 N–H and O–H groups in total. The quantitative estimate of drug-likeness (QED) is 0.0849. The van der Waals surface area contributed by atoms with Gasteiger partial charge >= 0.3 is 0 Å². The molecular formula is C20H21F4N5O3. The number of rotatable bonds is 12. The van der Waals surface area contributed by atoms with E-state index in [-0.39, 0.29) is 23.7 Å². The summed E-state index contributed by atoms with van der Waals surface area (Å²) in [6, 6.07) is 4.95. The van der Waals surface area contributed by atoms with Crippen LogP contribution in [0.2, 0.25) is 0 Å². The molecule has 2 aromatic carbocycles. The maximum atomic E-state index is 13.8. The lowest BCUT2D eigenvalue weighted by Gasteiger charge is -2.22. The zero-order chi connectivity index (χ0) is 23.7. The Morgan fingerprint density at radius 1 is 1.19 bits per heavy atom. The molecule has 0 aromatic heterocycles. The van der Waals surface area contributed by atoms with Crippen molar-refractivity contribution in [2.24, 2.45) is 10.8 Å². The summed E-state index contributed by atoms with van der Waals surface area (Å²) in [6.45, 7) is -0.560. The number of Topliss-reactive ketones (excluding diaryl/α,β-unsaturated/α-hetero) is 1. The summed E-state index contributed by atoms with van der Waals surface area (Å²) in [5.41, 5.74) is 14.5. The highest BCUT2D eigenvalue weighted by molar-refractivity contribution is 5.85. The smallest absolute Gasteiger partial charge is 0.203 e. The summed E-state index contributed by atoms with van der Waals surface area (Å²) in [4.78, 5) is 15.3. The van der Waals surface area contributed by atoms with Crippen LogP contribution in [-0.2, 0) is 4.79 Å². The lowest BCUT2D eigenvalue weighted by atomic mass is 10.0. The number of ketones is 1. The molecule has 0 radical (unpaired) electrons. The lowest BCUT2D eigenvalue weighted by molar-refractivity contribution is -0.124. The van der Waals surface area contributed by atoms with E-state index in [1.54, 1.807) is 0 Å². The molecule has 0 aliphatic heterocycles. The van der Waals surface area contributed by atoms with E-state index in [2.05, 4.69) is 15.3 Å². The molecule has 0 aliphatic carbocycles. The molecule has 8 nitrogen and oxygen atoms in total. The number of azide groups is 1. The Hall–Kier alpha value is -3.18. The van der Waals surface area contributed by atoms with Gasteiger partial charge in [0.25, 0.3) is 0 Å². The molecular weight excluding hydrogens is 434 g/mol. The molecule has 0 saturated heterocycles. The predicted octanol–water partition coefficient (Wildman–Crippen LogP) is 3.91. The second-order valence-electron chi connectivity index (χ2n) is 6.74. The molecule has 0 saturated carbocycles. The molecule has 0 aliphatic rings. The lowest BCUT2D eigenvalue weighted by Crippen LogP contribution is -2.41. The fourth-order valence-corrected chi connectivity index (χ4v) is 2.85. The minimum Gasteiger partial charge on any atom is -0.479 e. The fraction of sp³-hybridized carbons (Fsp3) is 0.350. The first kappa shape index (κ1) is 25.1. The molecule has 2 atom stereocenters. The van der Waals surface area contributed by atoms with Gasteiger partial charge in [-0.1, -0.05) is 29.7 Å². The average molecular weight is 455 g/mol. The Morgan fingerprint density at radius 3 is 2.50 bits per heavy atom. The van der Waals surface area contributed by atoms with E-state index in [9.17, 15) is 27.5 Å². The number of aliphatic hydroxyl groups excluding tert-OH is 1. The molecule has 172 valence electrons. The van der Waals surface area contributed by atoms with Crippen molar-refractivity contribution in [1.29, 1.82) is 0 Å². The minimum absolute atomic E-state index is 0.0252. The molecule has 2 aromatic rings. The maximum Gasteiger partial charge on any atom is 0.203 e. The SMILES string of the molecule is [N-]=[N+]=Nc1cccc(C(O)NC(CCCCN)C(=O)COc2c(F)c(F)cc(F)c2F)c1. The Bertz CT molecular complexity index is 975. The Balaban J connectivity index is 2.15. The molecule has 32 heavy (non-hydrogen) atoms. The van der Waals surface area contributed by atoms with E-state index in [4.69, 9.17) is 16.0 Å². The molecule has 0 spiro atoms. The monoisotopic (exact) mass is 455 g/mol. The second kappa shape index (κ2) is 12.0. The van der Waals surface area contributed by atoms with Gasteiger partial charge < -0.3 is 15.6 Å². The summed E-state index contributed by atoms with van der Waals surface area (Å²) in [6.07, 6.45) is -0.138. The van der Waals surface area contributed by atoms with Crippen LogP contribution in [0.3, 0.4) is 0 Å². The third-order valence-corrected chi connectivity index (χ3v) is 4.47. The second-order valence-corrected chi connectivity index (χ2v) is 6.74. The first-order chi connectivity index (χ1) is 15.3. The number of hydrogen-bond acceptors (Lipinski definition) is 6. The van der Waals surface area contributed by atoms with Crippen LogP contribution < -0.4 is 15.8 Å². The Morgan fingerprint density at radius 2 is 1.88 bits per heavy atom. The van der Waals surface area contributed by atoms with Gasteiger partial charge in [0.05, 0.1) is 6.04 Å². The third-order valence-electron chi connectivity index (χ3n) is 4.47. The molecule has 2 rings (SSSR count). The average Bonchev–Trinajstić information content (AvgIpc) is 2.77. The van der Waals surface area contributed by atoms with Gasteiger partial charge in [0.1, 0.15) is 12.8 Å². The van der Waals surface area contributed by atoms with E-state index in [0.29, 0.717) is 19.4 Å². The number of nitrogens with zero attached hydrogens (tertiary/aromatic N) is 3. The highest BCUT2D eigenvalue weighted by atomic mass is 19.2. The van der Waals surface area contributed by atoms with Crippen molar-refractivity contribution >= 4 is 11.5 Å². The van der Waals surface area contributed by atoms with Crippen molar-refractivity contribution in [2.75, 3.05) is 13.2 Å². The molecule has 2 unspecified atom stereocenters. The van der Waals surface area contributed by atoms with Crippen molar-refractivity contribution in [1.82, 2.24) is 5.32 Å². The van der Waals surface area contributed by atoms with Gasteiger partial charge in [0.2, 0.25) is 11.6 Å². The summed E-state index contributed by atoms with van der Waals surface area (Å²) in [7, 11) is 0. The number of nitrogens with one attached hydrogen (secondary N) is 1. The Kier molecular flexibility index (Phi) is 9.41. The van der Waals surface area contributed by atoms with Gasteiger partial charge in [0, 0.05) is 16.7 Å². The summed E-state index contributed by atoms with van der Waals surface area (Å²) < 4.78 is 58.9. The zero-order valence-electron chi connectivity index (χ0n) is 16.8. The highest BCUT2D eigenvalue weighted by Gasteiger charge is 2.25. The number of ether oxygens (including phenoxy) is 1. The van der Waals surface area contributed by atoms with Crippen LogP contribution in [-0.4, -0.2) is 30.1 Å². The number of unbranched alkanes of at least 4 members (excludes halogenated alkanes) is 1. The summed E-state index contributed by atoms with van der Waals surface area (Å²) in [5, 5.41) is 16.5. The van der Waals surface area contributed by atoms with Gasteiger partial charge in [0.15, 0.2) is 23.2 Å². The van der Waals surface area contributed by atoms with Crippen LogP contribution in [0.4, 0.5) is 23.2 Å². The molecule has 0 bridgehead atoms. The maximum absolute atomic E-state index is 13.8. The zero-order valence-corrected chi connectivity index (χ0v) is 16.8. The molecule has 0 heterocycles. The number of carbonyl (C=O) groups is 1. The molecule has 12 heteroatoms. The largest absolute Gasteiger partial charge is 0.479 e. The topological polar surface area (TPSA) is 133 Å². The number of benzene rings is 2. The van der Waals surface area contributed by atoms with E-state index < -0.39 is 53.7 Å². The van der Waals surface area contributed by atoms with E-state index >= 15 is 0 Å². The van der Waals surface area contributed by atoms with Gasteiger partial charge in [-0.3, -0.25) is 10.1 Å². The summed E-state index contributed by atoms with van der Waals surface area (Å²) >= 11 is 0. The van der Waals surface area contributed by atoms with Crippen molar-refractivity contribution in [3.8, 4) is 5.75 Å². The number of halogens is 4. The number of hydrogen-bond donors (Lipinski definition) is 3. The fourth-order valence-electron chi connectivity index (χ4n) is 2.85. The van der Waals surface area contributed by atoms with Crippen LogP contribution >= 0.6 is 0 Å². The first-order valence-electron chi connectivity index (χ1n) is 9.56. The van der Waals surface area contributed by atoms with E-state index in [0.717, 1.165) is 0 Å². The molecule has 0 fully saturated rings. The number of carbonyl (C=O) groups excluding carboxylic acids is 1. The first-order valence-corrected chi connectivity index (χ1v) is 9.56. The van der Waals surface area contributed by atoms with Gasteiger partial charge in [-0.25, -0.2) is 8.78 Å².